The Balaban J connectivity index is 2.13. The zero-order valence-corrected chi connectivity index (χ0v) is 13.7. The van der Waals surface area contributed by atoms with Crippen molar-refractivity contribution >= 4 is 11.9 Å². The van der Waals surface area contributed by atoms with Crippen molar-refractivity contribution in [1.82, 2.24) is 5.32 Å². The van der Waals surface area contributed by atoms with Gasteiger partial charge in [-0.15, -0.1) is 0 Å². The summed E-state index contributed by atoms with van der Waals surface area (Å²) >= 11 is 0. The molecule has 4 nitrogen and oxygen atoms in total. The molecule has 1 fully saturated rings. The van der Waals surface area contributed by atoms with Gasteiger partial charge in [-0.05, 0) is 37.7 Å². The predicted octanol–water partition coefficient (Wildman–Crippen LogP) is 3.39. The molecule has 1 saturated carbocycles. The summed E-state index contributed by atoms with van der Waals surface area (Å²) in [6, 6.07) is 9.70. The van der Waals surface area contributed by atoms with Gasteiger partial charge in [-0.2, -0.15) is 0 Å². The second-order valence-electron chi connectivity index (χ2n) is 7.09. The zero-order chi connectivity index (χ0) is 16.5. The van der Waals surface area contributed by atoms with E-state index in [9.17, 15) is 14.7 Å². The lowest BCUT2D eigenvalue weighted by atomic mass is 9.65. The highest BCUT2D eigenvalue weighted by molar-refractivity contribution is 5.84. The summed E-state index contributed by atoms with van der Waals surface area (Å²) in [5.41, 5.74) is -0.378. The lowest BCUT2D eigenvalue weighted by Crippen LogP contribution is -2.45. The minimum atomic E-state index is -0.856. The quantitative estimate of drug-likeness (QED) is 0.896. The van der Waals surface area contributed by atoms with E-state index in [0.29, 0.717) is 12.8 Å². The fourth-order valence-corrected chi connectivity index (χ4v) is 3.48. The van der Waals surface area contributed by atoms with Gasteiger partial charge in [0.25, 0.3) is 0 Å². The molecule has 1 aliphatic carbocycles. The van der Waals surface area contributed by atoms with Crippen molar-refractivity contribution in [3.8, 4) is 0 Å². The van der Waals surface area contributed by atoms with Crippen molar-refractivity contribution in [2.75, 3.05) is 0 Å². The highest BCUT2D eigenvalue weighted by atomic mass is 16.4. The van der Waals surface area contributed by atoms with E-state index in [2.05, 4.69) is 5.32 Å². The molecule has 0 aliphatic heterocycles. The van der Waals surface area contributed by atoms with Gasteiger partial charge < -0.3 is 10.4 Å². The fourth-order valence-electron chi connectivity index (χ4n) is 3.48. The summed E-state index contributed by atoms with van der Waals surface area (Å²) in [6.45, 7) is 7.49. The van der Waals surface area contributed by atoms with E-state index in [1.807, 2.05) is 51.1 Å². The van der Waals surface area contributed by atoms with Crippen LogP contribution in [0.4, 0.5) is 0 Å². The third-order valence-corrected chi connectivity index (χ3v) is 5.67. The molecule has 3 atom stereocenters. The van der Waals surface area contributed by atoms with Gasteiger partial charge in [-0.3, -0.25) is 9.59 Å². The molecule has 0 heterocycles. The van der Waals surface area contributed by atoms with Gasteiger partial charge >= 0.3 is 5.97 Å². The Morgan fingerprint density at radius 3 is 2.32 bits per heavy atom. The predicted molar refractivity (Wildman–Crippen MR) is 85.2 cm³/mol. The number of nitrogens with one attached hydrogen (secondary N) is 1. The number of rotatable bonds is 4. The van der Waals surface area contributed by atoms with Gasteiger partial charge in [0.1, 0.15) is 0 Å². The van der Waals surface area contributed by atoms with Gasteiger partial charge in [0.15, 0.2) is 0 Å². The minimum Gasteiger partial charge on any atom is -0.481 e. The highest BCUT2D eigenvalue weighted by Gasteiger charge is 2.58. The van der Waals surface area contributed by atoms with Gasteiger partial charge in [-0.25, -0.2) is 0 Å². The molecule has 1 aromatic carbocycles. The molecular weight excluding hydrogens is 278 g/mol. The van der Waals surface area contributed by atoms with Crippen molar-refractivity contribution in [3.05, 3.63) is 35.9 Å². The van der Waals surface area contributed by atoms with Crippen LogP contribution in [0.15, 0.2) is 30.3 Å². The molecule has 1 aliphatic rings. The average molecular weight is 303 g/mol. The van der Waals surface area contributed by atoms with E-state index in [1.165, 1.54) is 0 Å². The van der Waals surface area contributed by atoms with Crippen molar-refractivity contribution < 1.29 is 14.7 Å². The number of hydrogen-bond donors (Lipinski definition) is 2. The van der Waals surface area contributed by atoms with E-state index >= 15 is 0 Å². The van der Waals surface area contributed by atoms with E-state index in [0.717, 1.165) is 5.56 Å². The minimum absolute atomic E-state index is 0.0497. The maximum Gasteiger partial charge on any atom is 0.309 e. The van der Waals surface area contributed by atoms with Crippen LogP contribution in [0.5, 0.6) is 0 Å². The van der Waals surface area contributed by atoms with Crippen LogP contribution in [-0.4, -0.2) is 17.0 Å². The number of hydrogen-bond acceptors (Lipinski definition) is 2. The summed E-state index contributed by atoms with van der Waals surface area (Å²) in [5, 5.41) is 12.6. The van der Waals surface area contributed by atoms with Crippen LogP contribution in [-0.2, 0) is 9.59 Å². The monoisotopic (exact) mass is 303 g/mol. The topological polar surface area (TPSA) is 66.4 Å². The first-order chi connectivity index (χ1) is 10.2. The number of carboxylic acids is 1. The van der Waals surface area contributed by atoms with Crippen LogP contribution >= 0.6 is 0 Å². The van der Waals surface area contributed by atoms with Gasteiger partial charge in [0.2, 0.25) is 5.91 Å². The van der Waals surface area contributed by atoms with Crippen molar-refractivity contribution in [3.63, 3.8) is 0 Å². The van der Waals surface area contributed by atoms with Crippen molar-refractivity contribution in [1.29, 1.82) is 0 Å². The smallest absolute Gasteiger partial charge is 0.309 e. The fraction of sp³-hybridized carbons (Fsp3) is 0.556. The summed E-state index contributed by atoms with van der Waals surface area (Å²) in [4.78, 5) is 24.3. The van der Waals surface area contributed by atoms with E-state index in [4.69, 9.17) is 0 Å². The summed E-state index contributed by atoms with van der Waals surface area (Å²) in [5.74, 6) is -1.14. The van der Waals surface area contributed by atoms with E-state index < -0.39 is 16.8 Å². The van der Waals surface area contributed by atoms with Crippen LogP contribution in [0.1, 0.15) is 52.1 Å². The Bertz CT molecular complexity index is 567. The first-order valence-corrected chi connectivity index (χ1v) is 7.79. The number of amides is 1. The maximum absolute atomic E-state index is 12.7. The number of carbonyl (C=O) groups is 2. The molecule has 1 amide bonds. The Kier molecular flexibility index (Phi) is 4.32. The second-order valence-corrected chi connectivity index (χ2v) is 7.09. The normalized spacial score (nSPS) is 28.1. The lowest BCUT2D eigenvalue weighted by Gasteiger charge is -2.38. The molecule has 0 spiro atoms. The molecule has 0 saturated heterocycles. The van der Waals surface area contributed by atoms with Crippen LogP contribution in [0, 0.1) is 16.7 Å². The van der Waals surface area contributed by atoms with Crippen molar-refractivity contribution in [2.24, 2.45) is 16.7 Å². The maximum atomic E-state index is 12.7. The van der Waals surface area contributed by atoms with Crippen LogP contribution in [0.25, 0.3) is 0 Å². The molecule has 0 unspecified atom stereocenters. The van der Waals surface area contributed by atoms with Crippen LogP contribution in [0.3, 0.4) is 0 Å². The van der Waals surface area contributed by atoms with Gasteiger partial charge in [0, 0.05) is 5.92 Å². The molecular formula is C18H25NO3. The SMILES string of the molecule is C[C@@H](NC(=O)[C@@H]1CC[C@@](C)(C(=O)O)C1(C)C)c1ccccc1. The molecule has 2 N–H and O–H groups in total. The Hall–Kier alpha value is -1.84. The molecule has 0 bridgehead atoms. The molecule has 1 aromatic rings. The van der Waals surface area contributed by atoms with E-state index in [-0.39, 0.29) is 17.9 Å². The summed E-state index contributed by atoms with van der Waals surface area (Å²) < 4.78 is 0. The molecule has 0 aromatic heterocycles. The third kappa shape index (κ3) is 2.62. The molecule has 22 heavy (non-hydrogen) atoms. The summed E-state index contributed by atoms with van der Waals surface area (Å²) in [7, 11) is 0. The Labute approximate surface area is 131 Å². The largest absolute Gasteiger partial charge is 0.481 e. The highest BCUT2D eigenvalue weighted by Crippen LogP contribution is 2.56. The zero-order valence-electron chi connectivity index (χ0n) is 13.7. The Morgan fingerprint density at radius 1 is 1.23 bits per heavy atom. The second kappa shape index (κ2) is 5.75. The first-order valence-electron chi connectivity index (χ1n) is 7.79. The number of carbonyl (C=O) groups excluding carboxylic acids is 1. The number of carboxylic acid groups (broad SMARTS) is 1. The lowest BCUT2D eigenvalue weighted by molar-refractivity contribution is -0.155. The van der Waals surface area contributed by atoms with E-state index in [1.54, 1.807) is 6.92 Å². The molecule has 0 radical (unpaired) electrons. The van der Waals surface area contributed by atoms with Crippen LogP contribution < -0.4 is 5.32 Å². The average Bonchev–Trinajstić information content (AvgIpc) is 2.71. The third-order valence-electron chi connectivity index (χ3n) is 5.67. The number of benzene rings is 1. The van der Waals surface area contributed by atoms with Crippen molar-refractivity contribution in [2.45, 2.75) is 46.6 Å². The summed E-state index contributed by atoms with van der Waals surface area (Å²) in [6.07, 6.45) is 1.15. The standard InChI is InChI=1S/C18H25NO3/c1-12(13-8-6-5-7-9-13)19-15(20)14-10-11-18(4,16(21)22)17(14,2)3/h5-9,12,14H,10-11H2,1-4H3,(H,19,20)(H,21,22)/t12-,14+,18+/m1/s1. The molecule has 4 heteroatoms. The molecule has 2 rings (SSSR count). The molecule has 120 valence electrons. The number of aliphatic carboxylic acids is 1. The van der Waals surface area contributed by atoms with Crippen LogP contribution in [0.2, 0.25) is 0 Å². The van der Waals surface area contributed by atoms with Gasteiger partial charge in [-0.1, -0.05) is 44.2 Å². The first kappa shape index (κ1) is 16.5. The van der Waals surface area contributed by atoms with Gasteiger partial charge in [0.05, 0.1) is 11.5 Å². The Morgan fingerprint density at radius 2 is 1.82 bits per heavy atom.